The molecule has 0 spiro atoms. The Morgan fingerprint density at radius 1 is 1.03 bits per heavy atom. The van der Waals surface area contributed by atoms with Crippen LogP contribution >= 0.6 is 0 Å². The van der Waals surface area contributed by atoms with Gasteiger partial charge < -0.3 is 9.80 Å². The molecule has 3 amide bonds. The van der Waals surface area contributed by atoms with Crippen LogP contribution in [0.2, 0.25) is 0 Å². The molecule has 2 aromatic rings. The molecular weight excluding hydrogens is 368 g/mol. The van der Waals surface area contributed by atoms with Crippen LogP contribution in [-0.4, -0.2) is 75.2 Å². The molecule has 0 radical (unpaired) electrons. The lowest BCUT2D eigenvalue weighted by molar-refractivity contribution is -0.137. The Balaban J connectivity index is 1.52. The van der Waals surface area contributed by atoms with E-state index in [1.54, 1.807) is 16.6 Å². The number of likely N-dealkylation sites (N-methyl/N-ethyl adjacent to an activating group) is 2. The first-order valence-corrected chi connectivity index (χ1v) is 9.85. The lowest BCUT2D eigenvalue weighted by Gasteiger charge is -2.40. The van der Waals surface area contributed by atoms with Crippen LogP contribution in [0.25, 0.3) is 0 Å². The van der Waals surface area contributed by atoms with Crippen LogP contribution in [0.1, 0.15) is 23.4 Å². The molecule has 3 heterocycles. The first kappa shape index (κ1) is 19.2. The molecule has 1 aromatic carbocycles. The maximum absolute atomic E-state index is 13.2. The average Bonchev–Trinajstić information content (AvgIpc) is 3.22. The van der Waals surface area contributed by atoms with Gasteiger partial charge in [0.15, 0.2) is 12.2 Å². The van der Waals surface area contributed by atoms with E-state index in [-0.39, 0.29) is 11.9 Å². The molecule has 2 unspecified atom stereocenters. The molecule has 0 N–H and O–H groups in total. The lowest BCUT2D eigenvalue weighted by atomic mass is 10.1. The fraction of sp³-hybridized carbons (Fsp3) is 0.429. The van der Waals surface area contributed by atoms with E-state index in [1.165, 1.54) is 10.5 Å². The number of urea groups is 1. The second-order valence-electron chi connectivity index (χ2n) is 7.71. The minimum atomic E-state index is -0.538. The summed E-state index contributed by atoms with van der Waals surface area (Å²) in [7, 11) is 3.54. The number of aryl methyl sites for hydroxylation is 3. The molecule has 152 valence electrons. The van der Waals surface area contributed by atoms with Gasteiger partial charge in [0, 0.05) is 26.3 Å². The zero-order valence-corrected chi connectivity index (χ0v) is 17.2. The number of hydrogen-bond donors (Lipinski definition) is 0. The number of imide groups is 1. The van der Waals surface area contributed by atoms with E-state index in [1.807, 2.05) is 50.1 Å². The van der Waals surface area contributed by atoms with Gasteiger partial charge in [0.25, 0.3) is 5.91 Å². The quantitative estimate of drug-likeness (QED) is 0.794. The highest BCUT2D eigenvalue weighted by atomic mass is 16.2. The maximum atomic E-state index is 13.2. The van der Waals surface area contributed by atoms with Gasteiger partial charge in [-0.1, -0.05) is 30.3 Å². The van der Waals surface area contributed by atoms with Crippen molar-refractivity contribution in [3.63, 3.8) is 0 Å². The molecule has 1 fully saturated rings. The van der Waals surface area contributed by atoms with Crippen molar-refractivity contribution in [2.75, 3.05) is 20.6 Å². The van der Waals surface area contributed by atoms with Crippen LogP contribution in [0, 0.1) is 13.8 Å². The van der Waals surface area contributed by atoms with E-state index in [0.29, 0.717) is 12.5 Å². The van der Waals surface area contributed by atoms with Gasteiger partial charge in [0.2, 0.25) is 5.96 Å². The summed E-state index contributed by atoms with van der Waals surface area (Å²) in [5, 5.41) is 4.49. The van der Waals surface area contributed by atoms with Gasteiger partial charge in [-0.05, 0) is 38.3 Å². The molecule has 8 heteroatoms. The number of amides is 3. The predicted molar refractivity (Wildman–Crippen MR) is 110 cm³/mol. The van der Waals surface area contributed by atoms with Crippen molar-refractivity contribution in [2.24, 2.45) is 4.99 Å². The highest BCUT2D eigenvalue weighted by molar-refractivity contribution is 6.04. The van der Waals surface area contributed by atoms with Gasteiger partial charge in [0.05, 0.1) is 5.69 Å². The summed E-state index contributed by atoms with van der Waals surface area (Å²) in [6.07, 6.45) is 1.00. The van der Waals surface area contributed by atoms with Crippen molar-refractivity contribution in [2.45, 2.75) is 38.9 Å². The number of benzene rings is 1. The SMILES string of the molecule is Cc1cc(C)n(C2=NC3C(C(=O)N(CCCc4ccccc4)C(=O)N3C)N2C)n1. The summed E-state index contributed by atoms with van der Waals surface area (Å²) < 4.78 is 1.74. The van der Waals surface area contributed by atoms with Gasteiger partial charge >= 0.3 is 6.03 Å². The van der Waals surface area contributed by atoms with Crippen molar-refractivity contribution < 1.29 is 9.59 Å². The van der Waals surface area contributed by atoms with Gasteiger partial charge in [-0.3, -0.25) is 9.69 Å². The smallest absolute Gasteiger partial charge is 0.328 e. The Hall–Kier alpha value is -3.16. The summed E-state index contributed by atoms with van der Waals surface area (Å²) in [6, 6.07) is 11.2. The Morgan fingerprint density at radius 3 is 2.41 bits per heavy atom. The van der Waals surface area contributed by atoms with E-state index >= 15 is 0 Å². The number of carbonyl (C=O) groups is 2. The van der Waals surface area contributed by atoms with Crippen LogP contribution in [0.4, 0.5) is 4.79 Å². The molecule has 1 aromatic heterocycles. The summed E-state index contributed by atoms with van der Waals surface area (Å²) in [4.78, 5) is 35.5. The van der Waals surface area contributed by atoms with Crippen molar-refractivity contribution in [3.8, 4) is 0 Å². The second kappa shape index (κ2) is 7.35. The summed E-state index contributed by atoms with van der Waals surface area (Å²) in [6.45, 7) is 4.26. The van der Waals surface area contributed by atoms with Crippen LogP contribution in [-0.2, 0) is 11.2 Å². The Kier molecular flexibility index (Phi) is 4.86. The number of carbonyl (C=O) groups excluding carboxylic acids is 2. The van der Waals surface area contributed by atoms with Gasteiger partial charge in [-0.15, -0.1) is 0 Å². The first-order chi connectivity index (χ1) is 13.9. The molecule has 0 bridgehead atoms. The summed E-state index contributed by atoms with van der Waals surface area (Å²) >= 11 is 0. The molecule has 2 aliphatic rings. The van der Waals surface area contributed by atoms with Gasteiger partial charge in [0.1, 0.15) is 0 Å². The molecule has 2 aliphatic heterocycles. The standard InChI is InChI=1S/C21H26N6O2/c1-14-13-15(2)27(23-14)20-22-18-17(24(20)3)19(28)26(21(29)25(18)4)12-8-11-16-9-6-5-7-10-16/h5-7,9-10,13,17-18H,8,11-12H2,1-4H3. The largest absolute Gasteiger partial charge is 0.328 e. The van der Waals surface area contributed by atoms with Crippen LogP contribution in [0.15, 0.2) is 41.4 Å². The predicted octanol–water partition coefficient (Wildman–Crippen LogP) is 1.87. The minimum absolute atomic E-state index is 0.200. The molecular formula is C21H26N6O2. The second-order valence-corrected chi connectivity index (χ2v) is 7.71. The molecule has 29 heavy (non-hydrogen) atoms. The third kappa shape index (κ3) is 3.28. The van der Waals surface area contributed by atoms with Crippen molar-refractivity contribution in [1.82, 2.24) is 24.5 Å². The number of aromatic nitrogens is 2. The Bertz CT molecular complexity index is 967. The number of fused-ring (bicyclic) bond motifs is 1. The van der Waals surface area contributed by atoms with E-state index < -0.39 is 12.2 Å². The number of hydrogen-bond acceptors (Lipinski definition) is 5. The van der Waals surface area contributed by atoms with E-state index in [4.69, 9.17) is 0 Å². The third-order valence-corrected chi connectivity index (χ3v) is 5.60. The van der Waals surface area contributed by atoms with Crippen LogP contribution < -0.4 is 0 Å². The Morgan fingerprint density at radius 2 is 1.76 bits per heavy atom. The van der Waals surface area contributed by atoms with Crippen LogP contribution in [0.5, 0.6) is 0 Å². The van der Waals surface area contributed by atoms with Crippen LogP contribution in [0.3, 0.4) is 0 Å². The topological polar surface area (TPSA) is 74.0 Å². The fourth-order valence-corrected chi connectivity index (χ4v) is 4.08. The molecule has 1 saturated heterocycles. The van der Waals surface area contributed by atoms with Crippen molar-refractivity contribution >= 4 is 17.9 Å². The van der Waals surface area contributed by atoms with E-state index in [9.17, 15) is 9.59 Å². The maximum Gasteiger partial charge on any atom is 0.328 e. The number of rotatable bonds is 4. The van der Waals surface area contributed by atoms with E-state index in [2.05, 4.69) is 22.2 Å². The zero-order valence-electron chi connectivity index (χ0n) is 17.2. The van der Waals surface area contributed by atoms with Crippen molar-refractivity contribution in [1.29, 1.82) is 0 Å². The molecule has 0 aliphatic carbocycles. The van der Waals surface area contributed by atoms with Gasteiger partial charge in [-0.25, -0.2) is 14.5 Å². The van der Waals surface area contributed by atoms with E-state index in [0.717, 1.165) is 24.2 Å². The summed E-state index contributed by atoms with van der Waals surface area (Å²) in [5.74, 6) is 0.388. The lowest BCUT2D eigenvalue weighted by Crippen LogP contribution is -2.64. The molecule has 4 rings (SSSR count). The van der Waals surface area contributed by atoms with Crippen molar-refractivity contribution in [3.05, 3.63) is 53.3 Å². The minimum Gasteiger partial charge on any atom is -0.328 e. The molecule has 2 atom stereocenters. The highest BCUT2D eigenvalue weighted by Gasteiger charge is 2.51. The molecule has 0 saturated carbocycles. The third-order valence-electron chi connectivity index (χ3n) is 5.60. The summed E-state index contributed by atoms with van der Waals surface area (Å²) in [5.41, 5.74) is 3.02. The Labute approximate surface area is 170 Å². The first-order valence-electron chi connectivity index (χ1n) is 9.85. The van der Waals surface area contributed by atoms with Gasteiger partial charge in [-0.2, -0.15) is 5.10 Å². The number of aliphatic imine (C=N–C) groups is 1. The monoisotopic (exact) mass is 394 g/mol. The fourth-order valence-electron chi connectivity index (χ4n) is 4.08. The highest BCUT2D eigenvalue weighted by Crippen LogP contribution is 2.27. The normalized spacial score (nSPS) is 21.7. The molecule has 8 nitrogen and oxygen atoms in total. The average molecular weight is 394 g/mol. The number of nitrogens with zero attached hydrogens (tertiary/aromatic N) is 6. The zero-order chi connectivity index (χ0) is 20.7.